The first-order valence-electron chi connectivity index (χ1n) is 14.7. The Bertz CT molecular complexity index is 1220. The average molecular weight is 591 g/mol. The predicted molar refractivity (Wildman–Crippen MR) is 162 cm³/mol. The van der Waals surface area contributed by atoms with E-state index < -0.39 is 42.3 Å². The molecule has 2 aromatic rings. The van der Waals surface area contributed by atoms with Crippen LogP contribution in [-0.2, 0) is 41.7 Å². The predicted octanol–water partition coefficient (Wildman–Crippen LogP) is 3.76. The van der Waals surface area contributed by atoms with Gasteiger partial charge in [-0.05, 0) is 43.2 Å². The second kappa shape index (κ2) is 17.7. The number of benzene rings is 2. The Morgan fingerprint density at radius 2 is 1.53 bits per heavy atom. The maximum atomic E-state index is 13.4. The van der Waals surface area contributed by atoms with Gasteiger partial charge in [0.15, 0.2) is 6.04 Å². The molecular formula is C34H42N2O7. The van der Waals surface area contributed by atoms with Gasteiger partial charge in [0.2, 0.25) is 11.8 Å². The van der Waals surface area contributed by atoms with Crippen molar-refractivity contribution in [2.45, 2.75) is 57.2 Å². The van der Waals surface area contributed by atoms with E-state index in [1.807, 2.05) is 48.5 Å². The average Bonchev–Trinajstić information content (AvgIpc) is 3.51. The summed E-state index contributed by atoms with van der Waals surface area (Å²) in [6, 6.07) is 17.0. The fraction of sp³-hybridized carbons (Fsp3) is 0.412. The number of esters is 2. The maximum absolute atomic E-state index is 13.4. The van der Waals surface area contributed by atoms with Gasteiger partial charge in [-0.3, -0.25) is 14.4 Å². The lowest BCUT2D eigenvalue weighted by Gasteiger charge is -2.26. The number of hydrogen-bond donors (Lipinski definition) is 2. The van der Waals surface area contributed by atoms with Crippen molar-refractivity contribution in [3.8, 4) is 0 Å². The van der Waals surface area contributed by atoms with Crippen LogP contribution in [0.15, 0.2) is 86.0 Å². The molecule has 2 aromatic carbocycles. The highest BCUT2D eigenvalue weighted by atomic mass is 16.6. The van der Waals surface area contributed by atoms with E-state index in [9.17, 15) is 24.3 Å². The molecule has 0 spiro atoms. The van der Waals surface area contributed by atoms with E-state index in [0.717, 1.165) is 17.5 Å². The van der Waals surface area contributed by atoms with Crippen molar-refractivity contribution in [2.24, 2.45) is 11.8 Å². The molecule has 2 amide bonds. The largest absolute Gasteiger partial charge is 0.463 e. The van der Waals surface area contributed by atoms with E-state index in [2.05, 4.69) is 18.5 Å². The van der Waals surface area contributed by atoms with E-state index in [-0.39, 0.29) is 38.0 Å². The molecule has 1 aliphatic heterocycles. The summed E-state index contributed by atoms with van der Waals surface area (Å²) in [4.78, 5) is 54.3. The van der Waals surface area contributed by atoms with Crippen LogP contribution in [0, 0.1) is 11.8 Å². The first kappa shape index (κ1) is 33.3. The third-order valence-corrected chi connectivity index (χ3v) is 7.48. The first-order valence-corrected chi connectivity index (χ1v) is 14.7. The molecule has 1 saturated heterocycles. The molecular weight excluding hydrogens is 548 g/mol. The number of aliphatic hydroxyl groups excluding tert-OH is 1. The van der Waals surface area contributed by atoms with Crippen LogP contribution in [0.4, 0.5) is 0 Å². The minimum Gasteiger partial charge on any atom is -0.463 e. The second-order valence-electron chi connectivity index (χ2n) is 10.7. The fourth-order valence-corrected chi connectivity index (χ4v) is 5.10. The molecule has 9 heteroatoms. The van der Waals surface area contributed by atoms with E-state index in [0.29, 0.717) is 25.8 Å². The van der Waals surface area contributed by atoms with Crippen LogP contribution in [0.5, 0.6) is 0 Å². The van der Waals surface area contributed by atoms with Crippen molar-refractivity contribution in [3.63, 3.8) is 0 Å². The Labute approximate surface area is 253 Å². The van der Waals surface area contributed by atoms with Gasteiger partial charge in [-0.15, -0.1) is 13.2 Å². The standard InChI is InChI=1S/C34H42N2O7/c1-3-12-27(21-31(38)36-19-11-18-29(36)22-37)32(39)35-30(34(41)42-23-26-16-9-6-10-17-26)24-43-33(40)28(13-4-2)20-25-14-7-5-8-15-25/h3-10,14-17,27-30,37H,1-2,11-13,18-24H2,(H,35,39). The van der Waals surface area contributed by atoms with Gasteiger partial charge in [-0.25, -0.2) is 4.79 Å². The van der Waals surface area contributed by atoms with E-state index in [4.69, 9.17) is 9.47 Å². The zero-order valence-corrected chi connectivity index (χ0v) is 24.6. The summed E-state index contributed by atoms with van der Waals surface area (Å²) in [6.45, 7) is 7.38. The highest BCUT2D eigenvalue weighted by Gasteiger charge is 2.33. The van der Waals surface area contributed by atoms with Gasteiger partial charge in [0, 0.05) is 13.0 Å². The molecule has 230 valence electrons. The number of hydrogen-bond acceptors (Lipinski definition) is 7. The topological polar surface area (TPSA) is 122 Å². The Morgan fingerprint density at radius 1 is 0.907 bits per heavy atom. The number of allylic oxidation sites excluding steroid dienone is 2. The number of nitrogens with zero attached hydrogens (tertiary/aromatic N) is 1. The molecule has 1 heterocycles. The number of carbonyl (C=O) groups excluding carboxylic acids is 4. The van der Waals surface area contributed by atoms with E-state index >= 15 is 0 Å². The SMILES string of the molecule is C=CCC(CC(=O)N1CCCC1CO)C(=O)NC(COC(=O)C(CC=C)Cc1ccccc1)C(=O)OCc1ccccc1. The summed E-state index contributed by atoms with van der Waals surface area (Å²) in [7, 11) is 0. The molecule has 43 heavy (non-hydrogen) atoms. The molecule has 1 aliphatic rings. The van der Waals surface area contributed by atoms with Crippen LogP contribution in [0.2, 0.25) is 0 Å². The van der Waals surface area contributed by atoms with Crippen molar-refractivity contribution in [3.05, 3.63) is 97.1 Å². The Morgan fingerprint density at radius 3 is 2.16 bits per heavy atom. The lowest BCUT2D eigenvalue weighted by Crippen LogP contribution is -2.48. The van der Waals surface area contributed by atoms with Crippen LogP contribution >= 0.6 is 0 Å². The van der Waals surface area contributed by atoms with Gasteiger partial charge in [-0.2, -0.15) is 0 Å². The molecule has 3 rings (SSSR count). The fourth-order valence-electron chi connectivity index (χ4n) is 5.10. The van der Waals surface area contributed by atoms with Gasteiger partial charge in [0.1, 0.15) is 13.2 Å². The van der Waals surface area contributed by atoms with Crippen LogP contribution in [0.3, 0.4) is 0 Å². The van der Waals surface area contributed by atoms with Crippen molar-refractivity contribution in [1.29, 1.82) is 0 Å². The number of likely N-dealkylation sites (tertiary alicyclic amines) is 1. The number of ether oxygens (including phenoxy) is 2. The van der Waals surface area contributed by atoms with Crippen molar-refractivity contribution >= 4 is 23.8 Å². The van der Waals surface area contributed by atoms with E-state index in [1.165, 1.54) is 6.08 Å². The highest BCUT2D eigenvalue weighted by Crippen LogP contribution is 2.21. The summed E-state index contributed by atoms with van der Waals surface area (Å²) in [5, 5.41) is 12.3. The maximum Gasteiger partial charge on any atom is 0.332 e. The van der Waals surface area contributed by atoms with Gasteiger partial charge >= 0.3 is 11.9 Å². The summed E-state index contributed by atoms with van der Waals surface area (Å²) >= 11 is 0. The highest BCUT2D eigenvalue weighted by molar-refractivity contribution is 5.89. The molecule has 0 bridgehead atoms. The Balaban J connectivity index is 1.70. The van der Waals surface area contributed by atoms with Crippen LogP contribution < -0.4 is 5.32 Å². The lowest BCUT2D eigenvalue weighted by molar-refractivity contribution is -0.157. The quantitative estimate of drug-likeness (QED) is 0.213. The van der Waals surface area contributed by atoms with Gasteiger partial charge in [0.25, 0.3) is 0 Å². The lowest BCUT2D eigenvalue weighted by atomic mass is 9.96. The third kappa shape index (κ3) is 10.5. The van der Waals surface area contributed by atoms with Gasteiger partial charge in [-0.1, -0.05) is 72.8 Å². The zero-order valence-electron chi connectivity index (χ0n) is 24.6. The molecule has 4 atom stereocenters. The summed E-state index contributed by atoms with van der Waals surface area (Å²) in [5.41, 5.74) is 1.71. The number of nitrogens with one attached hydrogen (secondary N) is 1. The number of carbonyl (C=O) groups is 4. The summed E-state index contributed by atoms with van der Waals surface area (Å²) < 4.78 is 11.0. The molecule has 0 aromatic heterocycles. The number of rotatable bonds is 17. The van der Waals surface area contributed by atoms with Crippen molar-refractivity contribution < 1.29 is 33.8 Å². The normalized spacial score (nSPS) is 16.4. The molecule has 1 fully saturated rings. The molecule has 9 nitrogen and oxygen atoms in total. The van der Waals surface area contributed by atoms with Crippen molar-refractivity contribution in [1.82, 2.24) is 10.2 Å². The number of aliphatic hydroxyl groups is 1. The number of amides is 2. The monoisotopic (exact) mass is 590 g/mol. The minimum absolute atomic E-state index is 0.0286. The minimum atomic E-state index is -1.29. The summed E-state index contributed by atoms with van der Waals surface area (Å²) in [6.07, 6.45) is 5.55. The Kier molecular flexibility index (Phi) is 13.7. The van der Waals surface area contributed by atoms with Gasteiger partial charge < -0.3 is 24.8 Å². The van der Waals surface area contributed by atoms with Crippen LogP contribution in [0.25, 0.3) is 0 Å². The first-order chi connectivity index (χ1) is 20.9. The zero-order chi connectivity index (χ0) is 31.0. The molecule has 2 N–H and O–H groups in total. The third-order valence-electron chi connectivity index (χ3n) is 7.48. The van der Waals surface area contributed by atoms with E-state index in [1.54, 1.807) is 23.1 Å². The molecule has 0 radical (unpaired) electrons. The molecule has 4 unspecified atom stereocenters. The Hall–Kier alpha value is -4.24. The van der Waals surface area contributed by atoms with Crippen molar-refractivity contribution in [2.75, 3.05) is 19.8 Å². The molecule has 0 aliphatic carbocycles. The second-order valence-corrected chi connectivity index (χ2v) is 10.7. The van der Waals surface area contributed by atoms with Crippen LogP contribution in [-0.4, -0.2) is 65.6 Å². The smallest absolute Gasteiger partial charge is 0.332 e. The molecule has 0 saturated carbocycles. The summed E-state index contributed by atoms with van der Waals surface area (Å²) in [5.74, 6) is -3.43. The van der Waals surface area contributed by atoms with Gasteiger partial charge in [0.05, 0.1) is 24.5 Å². The van der Waals surface area contributed by atoms with Crippen LogP contribution in [0.1, 0.15) is 43.2 Å².